The van der Waals surface area contributed by atoms with Gasteiger partial charge in [0.25, 0.3) is 5.91 Å². The summed E-state index contributed by atoms with van der Waals surface area (Å²) in [6.45, 7) is 1.71. The molecule has 2 aliphatic rings. The van der Waals surface area contributed by atoms with Gasteiger partial charge < -0.3 is 10.2 Å². The zero-order valence-electron chi connectivity index (χ0n) is 14.0. The van der Waals surface area contributed by atoms with E-state index in [2.05, 4.69) is 10.3 Å². The van der Waals surface area contributed by atoms with Gasteiger partial charge in [0.2, 0.25) is 5.91 Å². The number of rotatable bonds is 4. The van der Waals surface area contributed by atoms with Gasteiger partial charge in [-0.2, -0.15) is 11.3 Å². The van der Waals surface area contributed by atoms with E-state index in [4.69, 9.17) is 0 Å². The maximum Gasteiger partial charge on any atom is 0.254 e. The number of nitrogens with one attached hydrogen (secondary N) is 1. The van der Waals surface area contributed by atoms with Crippen LogP contribution in [0.5, 0.6) is 0 Å². The first-order valence-corrected chi connectivity index (χ1v) is 9.60. The molecule has 0 bridgehead atoms. The second kappa shape index (κ2) is 6.59. The van der Waals surface area contributed by atoms with Crippen molar-refractivity contribution in [2.45, 2.75) is 25.8 Å². The zero-order valence-corrected chi connectivity index (χ0v) is 14.8. The second-order valence-corrected chi connectivity index (χ2v) is 7.83. The smallest absolute Gasteiger partial charge is 0.254 e. The highest BCUT2D eigenvalue weighted by atomic mass is 32.1. The lowest BCUT2D eigenvalue weighted by molar-refractivity contribution is -0.129. The highest BCUT2D eigenvalue weighted by Gasteiger charge is 2.54. The largest absolute Gasteiger partial charge is 0.352 e. The van der Waals surface area contributed by atoms with E-state index in [-0.39, 0.29) is 23.1 Å². The Hall–Kier alpha value is -2.21. The molecular weight excluding hydrogens is 334 g/mol. The molecule has 1 saturated carbocycles. The first kappa shape index (κ1) is 16.3. The molecule has 130 valence electrons. The van der Waals surface area contributed by atoms with Crippen LogP contribution in [0.1, 0.15) is 35.2 Å². The van der Waals surface area contributed by atoms with E-state index in [1.54, 1.807) is 12.4 Å². The van der Waals surface area contributed by atoms with E-state index < -0.39 is 0 Å². The van der Waals surface area contributed by atoms with Crippen LogP contribution in [-0.2, 0) is 11.3 Å². The summed E-state index contributed by atoms with van der Waals surface area (Å²) in [5.41, 5.74) is 1.70. The molecule has 5 nitrogen and oxygen atoms in total. The average molecular weight is 355 g/mol. The highest BCUT2D eigenvalue weighted by Crippen LogP contribution is 2.52. The number of carbonyl (C=O) groups excluding carboxylic acids is 2. The van der Waals surface area contributed by atoms with Gasteiger partial charge in [0.1, 0.15) is 0 Å². The van der Waals surface area contributed by atoms with Gasteiger partial charge in [-0.05, 0) is 35.9 Å². The fourth-order valence-corrected chi connectivity index (χ4v) is 4.64. The van der Waals surface area contributed by atoms with Crippen molar-refractivity contribution in [2.24, 2.45) is 11.3 Å². The van der Waals surface area contributed by atoms with Gasteiger partial charge >= 0.3 is 0 Å². The van der Waals surface area contributed by atoms with Crippen LogP contribution in [0.3, 0.4) is 0 Å². The van der Waals surface area contributed by atoms with Crippen LogP contribution < -0.4 is 5.32 Å². The van der Waals surface area contributed by atoms with Gasteiger partial charge in [-0.15, -0.1) is 0 Å². The number of likely N-dealkylation sites (tertiary alicyclic amines) is 1. The topological polar surface area (TPSA) is 62.3 Å². The van der Waals surface area contributed by atoms with Crippen molar-refractivity contribution in [1.29, 1.82) is 0 Å². The Balaban J connectivity index is 1.44. The van der Waals surface area contributed by atoms with Crippen molar-refractivity contribution in [3.8, 4) is 0 Å². The van der Waals surface area contributed by atoms with E-state index in [0.29, 0.717) is 19.6 Å². The van der Waals surface area contributed by atoms with Gasteiger partial charge in [0, 0.05) is 42.8 Å². The molecule has 1 aliphatic carbocycles. The Morgan fingerprint density at radius 1 is 1.36 bits per heavy atom. The molecule has 2 fully saturated rings. The number of carbonyl (C=O) groups is 2. The lowest BCUT2D eigenvalue weighted by Crippen LogP contribution is -2.45. The maximum atomic E-state index is 12.8. The fraction of sp³-hybridized carbons (Fsp3) is 0.421. The average Bonchev–Trinajstić information content (AvgIpc) is 3.27. The third-order valence-electron chi connectivity index (χ3n) is 5.56. The lowest BCUT2D eigenvalue weighted by Gasteiger charge is -2.41. The Morgan fingerprint density at radius 2 is 2.24 bits per heavy atom. The van der Waals surface area contributed by atoms with Crippen LogP contribution in [0.2, 0.25) is 0 Å². The van der Waals surface area contributed by atoms with E-state index in [1.165, 1.54) is 11.3 Å². The zero-order chi connectivity index (χ0) is 17.3. The minimum absolute atomic E-state index is 0.0231. The van der Waals surface area contributed by atoms with Crippen molar-refractivity contribution < 1.29 is 9.59 Å². The predicted molar refractivity (Wildman–Crippen MR) is 96.1 cm³/mol. The van der Waals surface area contributed by atoms with E-state index in [0.717, 1.165) is 30.4 Å². The Morgan fingerprint density at radius 3 is 2.88 bits per heavy atom. The minimum atomic E-state index is -0.111. The summed E-state index contributed by atoms with van der Waals surface area (Å²) in [5, 5.41) is 6.84. The van der Waals surface area contributed by atoms with Gasteiger partial charge in [0.15, 0.2) is 0 Å². The number of thiophene rings is 1. The summed E-state index contributed by atoms with van der Waals surface area (Å²) in [5.74, 6) is -0.000219. The molecule has 1 unspecified atom stereocenters. The molecule has 2 aromatic heterocycles. The number of nitrogens with zero attached hydrogens (tertiary/aromatic N) is 2. The van der Waals surface area contributed by atoms with E-state index in [9.17, 15) is 9.59 Å². The monoisotopic (exact) mass is 355 g/mol. The molecule has 3 heterocycles. The van der Waals surface area contributed by atoms with Crippen LogP contribution in [0.15, 0.2) is 41.4 Å². The number of pyridine rings is 1. The third-order valence-corrected chi connectivity index (χ3v) is 6.24. The summed E-state index contributed by atoms with van der Waals surface area (Å²) in [6, 6.07) is 5.68. The quantitative estimate of drug-likeness (QED) is 0.917. The molecule has 6 heteroatoms. The van der Waals surface area contributed by atoms with E-state index >= 15 is 0 Å². The molecule has 0 radical (unpaired) electrons. The molecule has 2 amide bonds. The summed E-state index contributed by atoms with van der Waals surface area (Å²) in [4.78, 5) is 31.4. The Kier molecular flexibility index (Phi) is 4.29. The van der Waals surface area contributed by atoms with Crippen LogP contribution in [0.4, 0.5) is 0 Å². The normalized spacial score (nSPS) is 21.1. The fourth-order valence-electron chi connectivity index (χ4n) is 4.01. The van der Waals surface area contributed by atoms with Crippen LogP contribution in [-0.4, -0.2) is 34.8 Å². The molecule has 1 atom stereocenters. The summed E-state index contributed by atoms with van der Waals surface area (Å²) in [6.07, 6.45) is 6.70. The summed E-state index contributed by atoms with van der Waals surface area (Å²) in [7, 11) is 0. The van der Waals surface area contributed by atoms with Gasteiger partial charge in [0.05, 0.1) is 11.5 Å². The Labute approximate surface area is 151 Å². The van der Waals surface area contributed by atoms with Gasteiger partial charge in [-0.25, -0.2) is 0 Å². The molecule has 0 aromatic carbocycles. The highest BCUT2D eigenvalue weighted by molar-refractivity contribution is 7.08. The number of hydrogen-bond donors (Lipinski definition) is 1. The molecule has 1 spiro atoms. The number of hydrogen-bond acceptors (Lipinski definition) is 4. The van der Waals surface area contributed by atoms with Crippen molar-refractivity contribution in [3.63, 3.8) is 0 Å². The third kappa shape index (κ3) is 3.06. The maximum absolute atomic E-state index is 12.8. The van der Waals surface area contributed by atoms with Gasteiger partial charge in [-0.3, -0.25) is 14.6 Å². The molecule has 2 aromatic rings. The minimum Gasteiger partial charge on any atom is -0.352 e. The van der Waals surface area contributed by atoms with Crippen molar-refractivity contribution in [3.05, 3.63) is 52.5 Å². The number of aromatic nitrogens is 1. The molecule has 1 aliphatic heterocycles. The van der Waals surface area contributed by atoms with Crippen molar-refractivity contribution >= 4 is 23.2 Å². The van der Waals surface area contributed by atoms with Crippen molar-refractivity contribution in [1.82, 2.24) is 15.2 Å². The van der Waals surface area contributed by atoms with Crippen molar-refractivity contribution in [2.75, 3.05) is 13.1 Å². The van der Waals surface area contributed by atoms with Gasteiger partial charge in [-0.1, -0.05) is 12.5 Å². The standard InChI is InChI=1S/C19H21N3O2S/c23-17(21-10-14-3-1-7-20-9-14)16-11-22(13-19(16)5-2-6-19)18(24)15-4-8-25-12-15/h1,3-4,7-9,12,16H,2,5-6,10-11,13H2,(H,21,23). The number of amides is 2. The van der Waals surface area contributed by atoms with Crippen LogP contribution >= 0.6 is 11.3 Å². The summed E-state index contributed by atoms with van der Waals surface area (Å²) < 4.78 is 0. The molecule has 4 rings (SSSR count). The SMILES string of the molecule is O=C(NCc1cccnc1)C1CN(C(=O)c2ccsc2)CC12CCC2. The van der Waals surface area contributed by atoms with Crippen LogP contribution in [0.25, 0.3) is 0 Å². The van der Waals surface area contributed by atoms with Crippen LogP contribution in [0, 0.1) is 11.3 Å². The molecular formula is C19H21N3O2S. The lowest BCUT2D eigenvalue weighted by atomic mass is 9.62. The van der Waals surface area contributed by atoms with E-state index in [1.807, 2.05) is 33.9 Å². The first-order valence-electron chi connectivity index (χ1n) is 8.66. The predicted octanol–water partition coefficient (Wildman–Crippen LogP) is 2.70. The Bertz CT molecular complexity index is 756. The molecule has 25 heavy (non-hydrogen) atoms. The molecule has 1 N–H and O–H groups in total. The first-order chi connectivity index (χ1) is 12.2. The summed E-state index contributed by atoms with van der Waals surface area (Å²) >= 11 is 1.53. The molecule has 1 saturated heterocycles. The second-order valence-electron chi connectivity index (χ2n) is 7.05.